The number of carbonyl (C=O) groups excluding carboxylic acids is 2. The van der Waals surface area contributed by atoms with Gasteiger partial charge in [0.25, 0.3) is 5.91 Å². The second kappa shape index (κ2) is 9.08. The van der Waals surface area contributed by atoms with Crippen LogP contribution in [0.3, 0.4) is 0 Å². The summed E-state index contributed by atoms with van der Waals surface area (Å²) in [6, 6.07) is 5.58. The summed E-state index contributed by atoms with van der Waals surface area (Å²) in [6.45, 7) is 1.43. The van der Waals surface area contributed by atoms with Gasteiger partial charge in [0.15, 0.2) is 11.0 Å². The molecular weight excluding hydrogens is 430 g/mol. The zero-order valence-corrected chi connectivity index (χ0v) is 17.8. The molecule has 1 saturated heterocycles. The Morgan fingerprint density at radius 1 is 1.31 bits per heavy atom. The van der Waals surface area contributed by atoms with E-state index in [1.165, 1.54) is 23.1 Å². The van der Waals surface area contributed by atoms with Crippen molar-refractivity contribution in [2.45, 2.75) is 30.6 Å². The first-order valence-electron chi connectivity index (χ1n) is 9.00. The van der Waals surface area contributed by atoms with Gasteiger partial charge in [0.2, 0.25) is 5.91 Å². The second-order valence-electron chi connectivity index (χ2n) is 6.39. The molecule has 3 aromatic heterocycles. The Labute approximate surface area is 179 Å². The molecule has 3 aromatic rings. The van der Waals surface area contributed by atoms with Crippen molar-refractivity contribution in [3.63, 3.8) is 0 Å². The molecule has 0 saturated carbocycles. The smallest absolute Gasteiger partial charge is 0.251 e. The molecule has 1 aliphatic heterocycles. The van der Waals surface area contributed by atoms with Crippen LogP contribution in [-0.2, 0) is 16.1 Å². The maximum atomic E-state index is 12.4. The summed E-state index contributed by atoms with van der Waals surface area (Å²) in [5, 5.41) is 16.2. The lowest BCUT2D eigenvalue weighted by atomic mass is 10.2. The number of ether oxygens (including phenoxy) is 1. The van der Waals surface area contributed by atoms with Crippen molar-refractivity contribution in [1.82, 2.24) is 14.8 Å². The van der Waals surface area contributed by atoms with Gasteiger partial charge in [-0.25, -0.2) is 0 Å². The Bertz CT molecular complexity index is 992. The van der Waals surface area contributed by atoms with E-state index >= 15 is 0 Å². The number of hydrogen-bond donors (Lipinski definition) is 2. The number of aromatic nitrogens is 3. The predicted octanol–water partition coefficient (Wildman–Crippen LogP) is 3.08. The highest BCUT2D eigenvalue weighted by atomic mass is 32.2. The molecule has 1 unspecified atom stereocenters. The maximum Gasteiger partial charge on any atom is 0.251 e. The first-order valence-corrected chi connectivity index (χ1v) is 11.7. The fraction of sp³-hybridized carbons (Fsp3) is 0.333. The molecule has 2 amide bonds. The summed E-state index contributed by atoms with van der Waals surface area (Å²) in [5.74, 6) is 0.132. The number of thiophene rings is 2. The van der Waals surface area contributed by atoms with E-state index in [1.807, 2.05) is 22.1 Å². The van der Waals surface area contributed by atoms with Crippen LogP contribution in [0, 0.1) is 0 Å². The van der Waals surface area contributed by atoms with Crippen molar-refractivity contribution < 1.29 is 14.3 Å². The highest BCUT2D eigenvalue weighted by Gasteiger charge is 2.23. The van der Waals surface area contributed by atoms with Crippen molar-refractivity contribution in [3.8, 4) is 10.7 Å². The van der Waals surface area contributed by atoms with E-state index in [2.05, 4.69) is 15.5 Å². The molecule has 1 atom stereocenters. The molecule has 152 valence electrons. The first kappa shape index (κ1) is 20.1. The van der Waals surface area contributed by atoms with E-state index < -0.39 is 5.91 Å². The van der Waals surface area contributed by atoms with E-state index in [9.17, 15) is 9.59 Å². The monoisotopic (exact) mass is 449 g/mol. The highest BCUT2D eigenvalue weighted by Crippen LogP contribution is 2.29. The van der Waals surface area contributed by atoms with Crippen molar-refractivity contribution in [2.24, 2.45) is 5.73 Å². The molecule has 0 aromatic carbocycles. The molecule has 3 N–H and O–H groups in total. The van der Waals surface area contributed by atoms with Crippen LogP contribution in [0.5, 0.6) is 0 Å². The number of nitrogens with one attached hydrogen (secondary N) is 1. The third kappa shape index (κ3) is 4.69. The number of nitrogens with zero attached hydrogens (tertiary/aromatic N) is 3. The Balaban J connectivity index is 1.47. The van der Waals surface area contributed by atoms with Crippen molar-refractivity contribution in [1.29, 1.82) is 0 Å². The first-order chi connectivity index (χ1) is 14.1. The van der Waals surface area contributed by atoms with Gasteiger partial charge in [0, 0.05) is 6.61 Å². The number of carbonyl (C=O) groups is 2. The largest absolute Gasteiger partial charge is 0.376 e. The summed E-state index contributed by atoms with van der Waals surface area (Å²) in [6.07, 6.45) is 2.18. The minimum Gasteiger partial charge on any atom is -0.376 e. The standard InChI is InChI=1S/C18H19N5O3S3/c19-15(25)12-5-8-28-17(12)20-14(24)10-29-18-22-21-16(13-4-2-7-27-13)23(18)9-11-3-1-6-26-11/h2,4-5,7-8,11H,1,3,6,9-10H2,(H2,19,25)(H,20,24). The molecule has 4 rings (SSSR count). The van der Waals surface area contributed by atoms with Gasteiger partial charge in [-0.05, 0) is 35.7 Å². The van der Waals surface area contributed by atoms with Crippen LogP contribution in [0.1, 0.15) is 23.2 Å². The predicted molar refractivity (Wildman–Crippen MR) is 114 cm³/mol. The highest BCUT2D eigenvalue weighted by molar-refractivity contribution is 7.99. The molecular formula is C18H19N5O3S3. The lowest BCUT2D eigenvalue weighted by Crippen LogP contribution is -2.19. The topological polar surface area (TPSA) is 112 Å². The van der Waals surface area contributed by atoms with Crippen LogP contribution in [-0.4, -0.2) is 45.0 Å². The average Bonchev–Trinajstić information content (AvgIpc) is 3.48. The maximum absolute atomic E-state index is 12.4. The Hall–Kier alpha value is -2.21. The van der Waals surface area contributed by atoms with Gasteiger partial charge in [0.05, 0.1) is 28.8 Å². The number of nitrogens with two attached hydrogens (primary N) is 1. The molecule has 0 aliphatic carbocycles. The summed E-state index contributed by atoms with van der Waals surface area (Å²) in [7, 11) is 0. The van der Waals surface area contributed by atoms with Gasteiger partial charge in [-0.2, -0.15) is 0 Å². The molecule has 0 radical (unpaired) electrons. The van der Waals surface area contributed by atoms with Gasteiger partial charge >= 0.3 is 0 Å². The van der Waals surface area contributed by atoms with Crippen LogP contribution in [0.15, 0.2) is 34.1 Å². The number of amides is 2. The number of thioether (sulfide) groups is 1. The van der Waals surface area contributed by atoms with Gasteiger partial charge in [-0.15, -0.1) is 32.9 Å². The third-order valence-corrected chi connectivity index (χ3v) is 7.05. The molecule has 0 bridgehead atoms. The number of rotatable bonds is 8. The third-order valence-electron chi connectivity index (χ3n) is 4.38. The zero-order valence-electron chi connectivity index (χ0n) is 15.4. The molecule has 1 fully saturated rings. The summed E-state index contributed by atoms with van der Waals surface area (Å²) >= 11 is 4.17. The van der Waals surface area contributed by atoms with E-state index in [-0.39, 0.29) is 17.8 Å². The fourth-order valence-corrected chi connectivity index (χ4v) is 5.31. The summed E-state index contributed by atoms with van der Waals surface area (Å²) in [4.78, 5) is 24.8. The van der Waals surface area contributed by atoms with E-state index in [1.54, 1.807) is 22.8 Å². The van der Waals surface area contributed by atoms with Crippen molar-refractivity contribution in [3.05, 3.63) is 34.5 Å². The minimum atomic E-state index is -0.564. The van der Waals surface area contributed by atoms with Crippen LogP contribution in [0.2, 0.25) is 0 Å². The van der Waals surface area contributed by atoms with Gasteiger partial charge in [0.1, 0.15) is 5.00 Å². The normalized spacial score (nSPS) is 16.2. The molecule has 1 aliphatic rings. The summed E-state index contributed by atoms with van der Waals surface area (Å²) < 4.78 is 7.81. The molecule has 4 heterocycles. The molecule has 11 heteroatoms. The Kier molecular flexibility index (Phi) is 6.28. The van der Waals surface area contributed by atoms with E-state index in [0.717, 1.165) is 30.2 Å². The quantitative estimate of drug-likeness (QED) is 0.511. The second-order valence-corrected chi connectivity index (χ2v) is 9.20. The minimum absolute atomic E-state index is 0.127. The van der Waals surface area contributed by atoms with E-state index in [4.69, 9.17) is 10.5 Å². The van der Waals surface area contributed by atoms with Crippen LogP contribution >= 0.6 is 34.4 Å². The molecule has 0 spiro atoms. The lowest BCUT2D eigenvalue weighted by molar-refractivity contribution is -0.113. The molecule has 8 nitrogen and oxygen atoms in total. The number of anilines is 1. The van der Waals surface area contributed by atoms with Crippen LogP contribution in [0.25, 0.3) is 10.7 Å². The van der Waals surface area contributed by atoms with Crippen molar-refractivity contribution >= 4 is 51.3 Å². The SMILES string of the molecule is NC(=O)c1ccsc1NC(=O)CSc1nnc(-c2cccs2)n1CC1CCCO1. The van der Waals surface area contributed by atoms with Crippen LogP contribution in [0.4, 0.5) is 5.00 Å². The average molecular weight is 450 g/mol. The Morgan fingerprint density at radius 3 is 2.93 bits per heavy atom. The lowest BCUT2D eigenvalue weighted by Gasteiger charge is -2.14. The summed E-state index contributed by atoms with van der Waals surface area (Å²) in [5.41, 5.74) is 5.64. The van der Waals surface area contributed by atoms with Gasteiger partial charge in [-0.3, -0.25) is 14.2 Å². The number of hydrogen-bond acceptors (Lipinski definition) is 8. The fourth-order valence-electron chi connectivity index (χ4n) is 3.03. The van der Waals surface area contributed by atoms with Gasteiger partial charge in [-0.1, -0.05) is 17.8 Å². The molecule has 29 heavy (non-hydrogen) atoms. The Morgan fingerprint density at radius 2 is 2.21 bits per heavy atom. The van der Waals surface area contributed by atoms with Crippen molar-refractivity contribution in [2.75, 3.05) is 17.7 Å². The van der Waals surface area contributed by atoms with E-state index in [0.29, 0.717) is 22.3 Å². The van der Waals surface area contributed by atoms with Crippen LogP contribution < -0.4 is 11.1 Å². The number of primary amides is 1. The van der Waals surface area contributed by atoms with Gasteiger partial charge < -0.3 is 15.8 Å². The zero-order chi connectivity index (χ0) is 20.2.